The number of para-hydroxylation sites is 2. The molecule has 1 saturated heterocycles. The van der Waals surface area contributed by atoms with Crippen molar-refractivity contribution in [1.29, 1.82) is 0 Å². The molecule has 0 unspecified atom stereocenters. The maximum absolute atomic E-state index is 12.9. The highest BCUT2D eigenvalue weighted by Crippen LogP contribution is 2.34. The lowest BCUT2D eigenvalue weighted by atomic mass is 9.99. The van der Waals surface area contributed by atoms with E-state index in [-0.39, 0.29) is 11.9 Å². The van der Waals surface area contributed by atoms with Crippen LogP contribution in [-0.2, 0) is 9.59 Å². The van der Waals surface area contributed by atoms with Crippen LogP contribution in [0.3, 0.4) is 0 Å². The molecular formula is C18H23N3O4. The fraction of sp³-hybridized carbons (Fsp3) is 0.500. The molecule has 0 spiro atoms. The number of fused-ring (bicyclic) bond motifs is 1. The Labute approximate surface area is 146 Å². The molecule has 1 aromatic carbocycles. The number of aromatic nitrogens is 1. The molecule has 2 N–H and O–H groups in total. The first-order valence-electron chi connectivity index (χ1n) is 8.75. The van der Waals surface area contributed by atoms with E-state index in [0.29, 0.717) is 24.4 Å². The Bertz CT molecular complexity index is 725. The van der Waals surface area contributed by atoms with Crippen LogP contribution in [0, 0.1) is 5.92 Å². The van der Waals surface area contributed by atoms with Crippen LogP contribution in [0.1, 0.15) is 51.0 Å². The summed E-state index contributed by atoms with van der Waals surface area (Å²) in [5.74, 6) is -1.30. The smallest absolute Gasteiger partial charge is 0.255 e. The first kappa shape index (κ1) is 17.4. The molecule has 0 saturated carbocycles. The summed E-state index contributed by atoms with van der Waals surface area (Å²) < 4.78 is 5.83. The molecule has 134 valence electrons. The molecule has 7 nitrogen and oxygen atoms in total. The molecule has 0 radical (unpaired) electrons. The second-order valence-electron chi connectivity index (χ2n) is 6.38. The molecule has 2 heterocycles. The predicted molar refractivity (Wildman–Crippen MR) is 90.6 cm³/mol. The van der Waals surface area contributed by atoms with Crippen molar-refractivity contribution < 1.29 is 19.2 Å². The Hall–Kier alpha value is -2.41. The summed E-state index contributed by atoms with van der Waals surface area (Å²) in [6.07, 6.45) is 3.61. The van der Waals surface area contributed by atoms with Gasteiger partial charge in [0.15, 0.2) is 5.58 Å². The third kappa shape index (κ3) is 3.51. The Morgan fingerprint density at radius 2 is 2.24 bits per heavy atom. The van der Waals surface area contributed by atoms with E-state index in [0.717, 1.165) is 31.2 Å². The highest BCUT2D eigenvalue weighted by molar-refractivity contribution is 6.00. The van der Waals surface area contributed by atoms with Gasteiger partial charge in [-0.15, -0.1) is 0 Å². The number of benzene rings is 1. The molecule has 1 aliphatic rings. The van der Waals surface area contributed by atoms with E-state index in [1.807, 2.05) is 31.2 Å². The number of hydrogen-bond donors (Lipinski definition) is 2. The Morgan fingerprint density at radius 1 is 1.44 bits per heavy atom. The maximum Gasteiger partial charge on any atom is 0.255 e. The average molecular weight is 345 g/mol. The van der Waals surface area contributed by atoms with Crippen molar-refractivity contribution in [2.75, 3.05) is 6.54 Å². The van der Waals surface area contributed by atoms with E-state index in [1.165, 1.54) is 0 Å². The first-order valence-corrected chi connectivity index (χ1v) is 8.75. The number of carbonyl (C=O) groups is 2. The second-order valence-corrected chi connectivity index (χ2v) is 6.38. The summed E-state index contributed by atoms with van der Waals surface area (Å²) in [4.78, 5) is 31.1. The molecule has 0 bridgehead atoms. The van der Waals surface area contributed by atoms with Crippen LogP contribution in [0.5, 0.6) is 0 Å². The van der Waals surface area contributed by atoms with Crippen molar-refractivity contribution in [3.63, 3.8) is 0 Å². The molecule has 2 amide bonds. The monoisotopic (exact) mass is 345 g/mol. The van der Waals surface area contributed by atoms with Gasteiger partial charge in [-0.3, -0.25) is 14.8 Å². The standard InChI is InChI=1S/C18H23N3O4/c1-2-3-7-12(16(22)20-24)18(23)21-11-6-9-14(21)17-19-13-8-4-5-10-15(13)25-17/h4-5,8,10,12,14,24H,2-3,6-7,9,11H2,1H3,(H,20,22)/t12-,14+/m1/s1. The first-order chi connectivity index (χ1) is 12.2. The van der Waals surface area contributed by atoms with Gasteiger partial charge in [0.25, 0.3) is 5.91 Å². The zero-order valence-corrected chi connectivity index (χ0v) is 14.3. The van der Waals surface area contributed by atoms with Crippen molar-refractivity contribution in [2.24, 2.45) is 5.92 Å². The number of rotatable bonds is 6. The van der Waals surface area contributed by atoms with Gasteiger partial charge in [0, 0.05) is 6.54 Å². The SMILES string of the molecule is CCCC[C@H](C(=O)NO)C(=O)N1CCC[C@H]1c1nc2ccccc2o1. The number of oxazole rings is 1. The number of nitrogens with one attached hydrogen (secondary N) is 1. The third-order valence-corrected chi connectivity index (χ3v) is 4.70. The van der Waals surface area contributed by atoms with Crippen LogP contribution >= 0.6 is 0 Å². The lowest BCUT2D eigenvalue weighted by Gasteiger charge is -2.26. The lowest BCUT2D eigenvalue weighted by molar-refractivity contribution is -0.147. The molecule has 7 heteroatoms. The van der Waals surface area contributed by atoms with Gasteiger partial charge in [-0.25, -0.2) is 10.5 Å². The van der Waals surface area contributed by atoms with Gasteiger partial charge in [0.05, 0.1) is 0 Å². The zero-order valence-electron chi connectivity index (χ0n) is 14.3. The van der Waals surface area contributed by atoms with E-state index in [9.17, 15) is 9.59 Å². The summed E-state index contributed by atoms with van der Waals surface area (Å²) in [7, 11) is 0. The minimum atomic E-state index is -0.880. The zero-order chi connectivity index (χ0) is 17.8. The highest BCUT2D eigenvalue weighted by atomic mass is 16.5. The van der Waals surface area contributed by atoms with Gasteiger partial charge < -0.3 is 9.32 Å². The number of likely N-dealkylation sites (tertiary alicyclic amines) is 1. The van der Waals surface area contributed by atoms with Gasteiger partial charge in [-0.05, 0) is 31.4 Å². The lowest BCUT2D eigenvalue weighted by Crippen LogP contribution is -2.42. The minimum absolute atomic E-state index is 0.268. The van der Waals surface area contributed by atoms with Gasteiger partial charge >= 0.3 is 0 Å². The van der Waals surface area contributed by atoms with Crippen molar-refractivity contribution in [3.8, 4) is 0 Å². The van der Waals surface area contributed by atoms with E-state index in [4.69, 9.17) is 9.62 Å². The minimum Gasteiger partial charge on any atom is -0.438 e. The molecule has 1 aromatic heterocycles. The average Bonchev–Trinajstić information content (AvgIpc) is 3.27. The summed E-state index contributed by atoms with van der Waals surface area (Å²) >= 11 is 0. The van der Waals surface area contributed by atoms with E-state index in [2.05, 4.69) is 4.98 Å². The fourth-order valence-electron chi connectivity index (χ4n) is 3.37. The maximum atomic E-state index is 12.9. The third-order valence-electron chi connectivity index (χ3n) is 4.70. The van der Waals surface area contributed by atoms with Gasteiger partial charge in [-0.1, -0.05) is 31.9 Å². The van der Waals surface area contributed by atoms with E-state index < -0.39 is 11.8 Å². The van der Waals surface area contributed by atoms with Crippen molar-refractivity contribution in [3.05, 3.63) is 30.2 Å². The Balaban J connectivity index is 1.83. The van der Waals surface area contributed by atoms with Crippen LogP contribution in [0.15, 0.2) is 28.7 Å². The number of amides is 2. The van der Waals surface area contributed by atoms with E-state index in [1.54, 1.807) is 10.4 Å². The number of hydrogen-bond acceptors (Lipinski definition) is 5. The second kappa shape index (κ2) is 7.65. The van der Waals surface area contributed by atoms with Gasteiger partial charge in [0.1, 0.15) is 17.5 Å². The quantitative estimate of drug-likeness (QED) is 0.477. The topological polar surface area (TPSA) is 95.7 Å². The fourth-order valence-corrected chi connectivity index (χ4v) is 3.37. The van der Waals surface area contributed by atoms with Gasteiger partial charge in [-0.2, -0.15) is 0 Å². The number of unbranched alkanes of at least 4 members (excludes halogenated alkanes) is 1. The Morgan fingerprint density at radius 3 is 2.96 bits per heavy atom. The van der Waals surface area contributed by atoms with Gasteiger partial charge in [0.2, 0.25) is 11.8 Å². The molecule has 1 aliphatic heterocycles. The predicted octanol–water partition coefficient (Wildman–Crippen LogP) is 2.80. The van der Waals surface area contributed by atoms with Crippen LogP contribution < -0.4 is 5.48 Å². The van der Waals surface area contributed by atoms with Crippen molar-refractivity contribution >= 4 is 22.9 Å². The van der Waals surface area contributed by atoms with Crippen molar-refractivity contribution in [1.82, 2.24) is 15.4 Å². The van der Waals surface area contributed by atoms with E-state index >= 15 is 0 Å². The molecule has 1 fully saturated rings. The number of hydroxylamine groups is 1. The summed E-state index contributed by atoms with van der Waals surface area (Å²) in [6.45, 7) is 2.55. The largest absolute Gasteiger partial charge is 0.438 e. The van der Waals surface area contributed by atoms with Crippen LogP contribution in [-0.4, -0.2) is 33.5 Å². The number of nitrogens with zero attached hydrogens (tertiary/aromatic N) is 2. The molecule has 3 rings (SSSR count). The molecule has 2 aromatic rings. The van der Waals surface area contributed by atoms with Crippen LogP contribution in [0.4, 0.5) is 0 Å². The summed E-state index contributed by atoms with van der Waals surface area (Å²) in [6, 6.07) is 7.21. The number of carbonyl (C=O) groups excluding carboxylic acids is 2. The Kier molecular flexibility index (Phi) is 5.33. The highest BCUT2D eigenvalue weighted by Gasteiger charge is 2.38. The molecule has 2 atom stereocenters. The molecule has 0 aliphatic carbocycles. The van der Waals surface area contributed by atoms with Crippen molar-refractivity contribution in [2.45, 2.75) is 45.1 Å². The molecule has 25 heavy (non-hydrogen) atoms. The summed E-state index contributed by atoms with van der Waals surface area (Å²) in [5.41, 5.74) is 3.07. The van der Waals surface area contributed by atoms with Crippen LogP contribution in [0.25, 0.3) is 11.1 Å². The normalized spacial score (nSPS) is 18.5. The van der Waals surface area contributed by atoms with Crippen LogP contribution in [0.2, 0.25) is 0 Å². The summed E-state index contributed by atoms with van der Waals surface area (Å²) in [5, 5.41) is 8.97. The molecular weight excluding hydrogens is 322 g/mol.